The molecule has 2 aromatic carbocycles. The van der Waals surface area contributed by atoms with Crippen LogP contribution >= 0.6 is 0 Å². The van der Waals surface area contributed by atoms with E-state index in [2.05, 4.69) is 15.4 Å². The molecular formula is C22H19N5O3. The third-order valence-corrected chi connectivity index (χ3v) is 5.06. The van der Waals surface area contributed by atoms with Gasteiger partial charge in [-0.05, 0) is 48.7 Å². The van der Waals surface area contributed by atoms with Crippen LogP contribution in [-0.2, 0) is 17.8 Å². The molecule has 0 aliphatic carbocycles. The largest absolute Gasteiger partial charge is 0.493 e. The highest BCUT2D eigenvalue weighted by molar-refractivity contribution is 5.91. The van der Waals surface area contributed by atoms with Crippen molar-refractivity contribution in [2.75, 3.05) is 11.9 Å². The van der Waals surface area contributed by atoms with E-state index < -0.39 is 0 Å². The number of anilines is 1. The molecule has 8 heteroatoms. The predicted molar refractivity (Wildman–Crippen MR) is 112 cm³/mol. The number of para-hydroxylation sites is 1. The van der Waals surface area contributed by atoms with E-state index in [0.717, 1.165) is 36.4 Å². The number of aromatic nitrogens is 4. The summed E-state index contributed by atoms with van der Waals surface area (Å²) in [4.78, 5) is 29.7. The van der Waals surface area contributed by atoms with Gasteiger partial charge in [-0.3, -0.25) is 14.2 Å². The van der Waals surface area contributed by atoms with Crippen LogP contribution in [0.5, 0.6) is 5.75 Å². The molecule has 5 rings (SSSR count). The molecule has 150 valence electrons. The molecule has 1 aliphatic rings. The Balaban J connectivity index is 1.37. The van der Waals surface area contributed by atoms with E-state index in [1.165, 1.54) is 17.1 Å². The molecular weight excluding hydrogens is 382 g/mol. The van der Waals surface area contributed by atoms with Crippen molar-refractivity contribution in [3.63, 3.8) is 0 Å². The van der Waals surface area contributed by atoms with Crippen LogP contribution in [0.1, 0.15) is 12.0 Å². The fourth-order valence-electron chi connectivity index (χ4n) is 3.61. The third kappa shape index (κ3) is 3.32. The average Bonchev–Trinajstić information content (AvgIpc) is 3.21. The number of nitrogens with zero attached hydrogens (tertiary/aromatic N) is 4. The van der Waals surface area contributed by atoms with Crippen molar-refractivity contribution >= 4 is 22.6 Å². The number of benzene rings is 2. The van der Waals surface area contributed by atoms with Gasteiger partial charge in [0, 0.05) is 5.69 Å². The van der Waals surface area contributed by atoms with Crippen molar-refractivity contribution in [2.45, 2.75) is 19.4 Å². The topological polar surface area (TPSA) is 91.0 Å². The number of amides is 1. The molecule has 0 saturated carbocycles. The number of ether oxygens (including phenoxy) is 1. The van der Waals surface area contributed by atoms with Gasteiger partial charge >= 0.3 is 0 Å². The maximum atomic E-state index is 12.8. The predicted octanol–water partition coefficient (Wildman–Crippen LogP) is 2.55. The first kappa shape index (κ1) is 18.1. The van der Waals surface area contributed by atoms with E-state index in [1.807, 2.05) is 42.5 Å². The van der Waals surface area contributed by atoms with E-state index in [-0.39, 0.29) is 18.0 Å². The summed E-state index contributed by atoms with van der Waals surface area (Å²) < 4.78 is 8.49. The van der Waals surface area contributed by atoms with Gasteiger partial charge in [0.2, 0.25) is 5.91 Å². The fraction of sp³-hybridized carbons (Fsp3) is 0.182. The average molecular weight is 401 g/mol. The molecule has 30 heavy (non-hydrogen) atoms. The molecule has 1 amide bonds. The van der Waals surface area contributed by atoms with Crippen molar-refractivity contribution < 1.29 is 9.53 Å². The maximum absolute atomic E-state index is 12.8. The van der Waals surface area contributed by atoms with Crippen molar-refractivity contribution in [1.29, 1.82) is 0 Å². The Morgan fingerprint density at radius 3 is 2.90 bits per heavy atom. The van der Waals surface area contributed by atoms with Crippen molar-refractivity contribution in [3.8, 4) is 11.4 Å². The summed E-state index contributed by atoms with van der Waals surface area (Å²) in [6.07, 6.45) is 4.74. The minimum atomic E-state index is -0.309. The first-order valence-electron chi connectivity index (χ1n) is 9.73. The van der Waals surface area contributed by atoms with E-state index in [1.54, 1.807) is 10.7 Å². The number of fused-ring (bicyclic) bond motifs is 2. The number of hydrogen-bond acceptors (Lipinski definition) is 5. The molecule has 0 fully saturated rings. The molecule has 2 aromatic heterocycles. The standard InChI is InChI=1S/C22H19N5O3/c28-20(25-16-8-9-19-15(11-16)5-4-10-30-19)13-26-14-23-21-18(22(26)29)12-24-27(21)17-6-2-1-3-7-17/h1-3,6-9,11-12,14H,4-5,10,13H2,(H,25,28). The highest BCUT2D eigenvalue weighted by atomic mass is 16.5. The lowest BCUT2D eigenvalue weighted by Gasteiger charge is -2.18. The van der Waals surface area contributed by atoms with Gasteiger partial charge in [-0.1, -0.05) is 18.2 Å². The van der Waals surface area contributed by atoms with Crippen LogP contribution in [0.3, 0.4) is 0 Å². The number of nitrogens with one attached hydrogen (secondary N) is 1. The molecule has 3 heterocycles. The molecule has 0 spiro atoms. The molecule has 8 nitrogen and oxygen atoms in total. The zero-order valence-corrected chi connectivity index (χ0v) is 16.1. The third-order valence-electron chi connectivity index (χ3n) is 5.06. The van der Waals surface area contributed by atoms with Gasteiger partial charge < -0.3 is 10.1 Å². The number of rotatable bonds is 4. The summed E-state index contributed by atoms with van der Waals surface area (Å²) >= 11 is 0. The Kier molecular flexibility index (Phi) is 4.51. The maximum Gasteiger partial charge on any atom is 0.264 e. The van der Waals surface area contributed by atoms with Gasteiger partial charge in [0.25, 0.3) is 5.56 Å². The number of carbonyl (C=O) groups excluding carboxylic acids is 1. The van der Waals surface area contributed by atoms with Crippen LogP contribution in [-0.4, -0.2) is 31.8 Å². The molecule has 0 saturated heterocycles. The van der Waals surface area contributed by atoms with Crippen molar-refractivity contribution in [1.82, 2.24) is 19.3 Å². The fourth-order valence-corrected chi connectivity index (χ4v) is 3.61. The van der Waals surface area contributed by atoms with Crippen LogP contribution in [0.15, 0.2) is 65.8 Å². The molecule has 1 aliphatic heterocycles. The lowest BCUT2D eigenvalue weighted by Crippen LogP contribution is -2.28. The Morgan fingerprint density at radius 2 is 2.03 bits per heavy atom. The van der Waals surface area contributed by atoms with Gasteiger partial charge in [-0.15, -0.1) is 0 Å². The Morgan fingerprint density at radius 1 is 1.17 bits per heavy atom. The zero-order valence-electron chi connectivity index (χ0n) is 16.1. The summed E-state index contributed by atoms with van der Waals surface area (Å²) in [5.41, 5.74) is 2.72. The smallest absolute Gasteiger partial charge is 0.264 e. The van der Waals surface area contributed by atoms with Gasteiger partial charge in [0.15, 0.2) is 5.65 Å². The quantitative estimate of drug-likeness (QED) is 0.568. The highest BCUT2D eigenvalue weighted by Crippen LogP contribution is 2.27. The summed E-state index contributed by atoms with van der Waals surface area (Å²) in [6.45, 7) is 0.587. The molecule has 4 aromatic rings. The second-order valence-electron chi connectivity index (χ2n) is 7.13. The molecule has 1 N–H and O–H groups in total. The van der Waals surface area contributed by atoms with Crippen LogP contribution in [0, 0.1) is 0 Å². The van der Waals surface area contributed by atoms with Crippen LogP contribution in [0.4, 0.5) is 5.69 Å². The van der Waals surface area contributed by atoms with Crippen LogP contribution in [0.25, 0.3) is 16.7 Å². The van der Waals surface area contributed by atoms with E-state index in [0.29, 0.717) is 16.7 Å². The van der Waals surface area contributed by atoms with Gasteiger partial charge in [-0.2, -0.15) is 5.10 Å². The van der Waals surface area contributed by atoms with Gasteiger partial charge in [-0.25, -0.2) is 9.67 Å². The summed E-state index contributed by atoms with van der Waals surface area (Å²) in [7, 11) is 0. The lowest BCUT2D eigenvalue weighted by molar-refractivity contribution is -0.116. The second-order valence-corrected chi connectivity index (χ2v) is 7.13. The van der Waals surface area contributed by atoms with E-state index in [9.17, 15) is 9.59 Å². The summed E-state index contributed by atoms with van der Waals surface area (Å²) in [5.74, 6) is 0.561. The van der Waals surface area contributed by atoms with E-state index >= 15 is 0 Å². The summed E-state index contributed by atoms with van der Waals surface area (Å²) in [6, 6.07) is 15.0. The van der Waals surface area contributed by atoms with E-state index in [4.69, 9.17) is 4.74 Å². The summed E-state index contributed by atoms with van der Waals surface area (Å²) in [5, 5.41) is 7.49. The highest BCUT2D eigenvalue weighted by Gasteiger charge is 2.15. The zero-order chi connectivity index (χ0) is 20.5. The number of aryl methyl sites for hydroxylation is 1. The Bertz CT molecular complexity index is 1290. The molecule has 0 unspecified atom stereocenters. The van der Waals surface area contributed by atoms with Crippen molar-refractivity contribution in [2.24, 2.45) is 0 Å². The van der Waals surface area contributed by atoms with Gasteiger partial charge in [0.1, 0.15) is 24.0 Å². The Labute approximate surface area is 171 Å². The number of hydrogen-bond donors (Lipinski definition) is 1. The van der Waals surface area contributed by atoms with Gasteiger partial charge in [0.05, 0.1) is 18.5 Å². The van der Waals surface area contributed by atoms with Crippen molar-refractivity contribution in [3.05, 3.63) is 77.0 Å². The Hall–Kier alpha value is -3.94. The molecule has 0 bridgehead atoms. The van der Waals surface area contributed by atoms with Crippen LogP contribution < -0.4 is 15.6 Å². The molecule has 0 radical (unpaired) electrons. The SMILES string of the molecule is O=C(Cn1cnc2c(cnn2-c2ccccc2)c1=O)Nc1ccc2c(c1)CCCO2. The normalized spacial score (nSPS) is 12.9. The van der Waals surface area contributed by atoms with Crippen LogP contribution in [0.2, 0.25) is 0 Å². The monoisotopic (exact) mass is 401 g/mol. The second kappa shape index (κ2) is 7.47. The lowest BCUT2D eigenvalue weighted by atomic mass is 10.1. The first-order valence-corrected chi connectivity index (χ1v) is 9.73. The molecule has 0 atom stereocenters. The minimum absolute atomic E-state index is 0.133. The minimum Gasteiger partial charge on any atom is -0.493 e. The first-order chi connectivity index (χ1) is 14.7. The number of carbonyl (C=O) groups is 1.